The lowest BCUT2D eigenvalue weighted by molar-refractivity contribution is -0.140. The van der Waals surface area contributed by atoms with Gasteiger partial charge in [-0.2, -0.15) is 0 Å². The second-order valence-electron chi connectivity index (χ2n) is 7.87. The zero-order valence-electron chi connectivity index (χ0n) is 16.3. The van der Waals surface area contributed by atoms with Crippen LogP contribution in [-0.4, -0.2) is 36.0 Å². The van der Waals surface area contributed by atoms with Gasteiger partial charge in [-0.1, -0.05) is 41.9 Å². The topological polar surface area (TPSA) is 60.4 Å². The van der Waals surface area contributed by atoms with Gasteiger partial charge >= 0.3 is 0 Å². The lowest BCUT2D eigenvalue weighted by Gasteiger charge is -2.32. The largest absolute Gasteiger partial charge is 0.454 e. The van der Waals surface area contributed by atoms with E-state index in [4.69, 9.17) is 14.3 Å². The Balaban J connectivity index is 1.26. The fraction of sp³-hybridized carbons (Fsp3) is 0.391. The molecule has 29 heavy (non-hydrogen) atoms. The average Bonchev–Trinajstić information content (AvgIpc) is 3.35. The first-order valence-electron chi connectivity index (χ1n) is 10.2. The summed E-state index contributed by atoms with van der Waals surface area (Å²) in [6.45, 7) is 1.40. The Labute approximate surface area is 170 Å². The van der Waals surface area contributed by atoms with E-state index in [9.17, 15) is 4.79 Å². The molecular weight excluding hydrogens is 368 g/mol. The highest BCUT2D eigenvalue weighted by Crippen LogP contribution is 2.34. The molecule has 6 nitrogen and oxygen atoms in total. The van der Waals surface area contributed by atoms with Crippen LogP contribution >= 0.6 is 0 Å². The van der Waals surface area contributed by atoms with Crippen LogP contribution in [0.3, 0.4) is 0 Å². The van der Waals surface area contributed by atoms with E-state index in [0.717, 1.165) is 47.6 Å². The number of amides is 1. The number of carbonyl (C=O) groups is 1. The van der Waals surface area contributed by atoms with Crippen LogP contribution in [0.2, 0.25) is 0 Å². The van der Waals surface area contributed by atoms with Crippen molar-refractivity contribution in [1.29, 1.82) is 0 Å². The predicted molar refractivity (Wildman–Crippen MR) is 108 cm³/mol. The van der Waals surface area contributed by atoms with Crippen molar-refractivity contribution in [3.8, 4) is 11.5 Å². The molecule has 1 aliphatic carbocycles. The second-order valence-corrected chi connectivity index (χ2v) is 7.87. The van der Waals surface area contributed by atoms with Crippen molar-refractivity contribution in [3.63, 3.8) is 0 Å². The van der Waals surface area contributed by atoms with Crippen LogP contribution in [-0.2, 0) is 16.2 Å². The van der Waals surface area contributed by atoms with Gasteiger partial charge in [0.15, 0.2) is 17.6 Å². The van der Waals surface area contributed by atoms with E-state index in [-0.39, 0.29) is 24.7 Å². The zero-order valence-corrected chi connectivity index (χ0v) is 16.3. The molecule has 0 bridgehead atoms. The lowest BCUT2D eigenvalue weighted by atomic mass is 9.84. The summed E-state index contributed by atoms with van der Waals surface area (Å²) in [5.41, 5.74) is 2.98. The maximum Gasteiger partial charge on any atom is 0.231 e. The Hall–Kier alpha value is -3.02. The van der Waals surface area contributed by atoms with Crippen molar-refractivity contribution in [1.82, 2.24) is 4.90 Å². The third-order valence-electron chi connectivity index (χ3n) is 5.85. The number of hydrogen-bond acceptors (Lipinski definition) is 5. The van der Waals surface area contributed by atoms with Crippen LogP contribution in [0.1, 0.15) is 36.8 Å². The van der Waals surface area contributed by atoms with Crippen molar-refractivity contribution in [2.75, 3.05) is 13.3 Å². The van der Waals surface area contributed by atoms with Crippen LogP contribution < -0.4 is 9.47 Å². The molecule has 150 valence electrons. The van der Waals surface area contributed by atoms with Gasteiger partial charge in [0.05, 0.1) is 12.3 Å². The summed E-state index contributed by atoms with van der Waals surface area (Å²) < 4.78 is 10.8. The normalized spacial score (nSPS) is 20.0. The Bertz CT molecular complexity index is 924. The highest BCUT2D eigenvalue weighted by Gasteiger charge is 2.33. The third kappa shape index (κ3) is 3.79. The molecule has 2 heterocycles. The maximum atomic E-state index is 13.0. The van der Waals surface area contributed by atoms with Gasteiger partial charge in [-0.05, 0) is 36.6 Å². The number of hydrogen-bond donors (Lipinski definition) is 0. The molecule has 0 N–H and O–H groups in total. The Morgan fingerprint density at radius 3 is 2.69 bits per heavy atom. The minimum absolute atomic E-state index is 0.136. The third-order valence-corrected chi connectivity index (χ3v) is 5.85. The van der Waals surface area contributed by atoms with Crippen molar-refractivity contribution < 1.29 is 19.1 Å². The average molecular weight is 392 g/mol. The van der Waals surface area contributed by atoms with Crippen LogP contribution in [0.5, 0.6) is 11.5 Å². The minimum Gasteiger partial charge on any atom is -0.454 e. The highest BCUT2D eigenvalue weighted by molar-refractivity contribution is 6.01. The molecule has 1 saturated carbocycles. The second kappa shape index (κ2) is 7.78. The standard InChI is InChI=1S/C23H24N2O4/c26-23(17-7-4-8-17)25(13-16-5-2-1-3-6-16)14-19-12-20(24-29-19)18-9-10-21-22(11-18)28-15-27-21/h1-3,5-6,9-11,17,19H,4,7-8,12-15H2. The fourth-order valence-corrected chi connectivity index (χ4v) is 3.97. The first-order chi connectivity index (χ1) is 14.3. The van der Waals surface area contributed by atoms with Crippen molar-refractivity contribution in [2.24, 2.45) is 11.1 Å². The van der Waals surface area contributed by atoms with Crippen molar-refractivity contribution >= 4 is 11.6 Å². The van der Waals surface area contributed by atoms with Crippen LogP contribution in [0.4, 0.5) is 0 Å². The molecule has 6 heteroatoms. The number of rotatable bonds is 6. The van der Waals surface area contributed by atoms with Gasteiger partial charge in [0.1, 0.15) is 0 Å². The molecule has 1 atom stereocenters. The van der Waals surface area contributed by atoms with Gasteiger partial charge in [0.25, 0.3) is 0 Å². The summed E-state index contributed by atoms with van der Waals surface area (Å²) in [7, 11) is 0. The molecule has 0 aromatic heterocycles. The van der Waals surface area contributed by atoms with Crippen molar-refractivity contribution in [2.45, 2.75) is 38.3 Å². The molecule has 0 saturated heterocycles. The summed E-state index contributed by atoms with van der Waals surface area (Å²) in [6, 6.07) is 15.9. The summed E-state index contributed by atoms with van der Waals surface area (Å²) in [6.07, 6.45) is 3.67. The number of nitrogens with zero attached hydrogens (tertiary/aromatic N) is 2. The van der Waals surface area contributed by atoms with Crippen LogP contribution in [0.25, 0.3) is 0 Å². The number of ether oxygens (including phenoxy) is 2. The van der Waals surface area contributed by atoms with E-state index in [1.54, 1.807) is 0 Å². The molecule has 0 radical (unpaired) electrons. The van der Waals surface area contributed by atoms with E-state index < -0.39 is 0 Å². The molecular formula is C23H24N2O4. The minimum atomic E-state index is -0.136. The fourth-order valence-electron chi connectivity index (χ4n) is 3.97. The molecule has 2 aliphatic heterocycles. The van der Waals surface area contributed by atoms with Crippen LogP contribution in [0.15, 0.2) is 53.7 Å². The molecule has 1 unspecified atom stereocenters. The van der Waals surface area contributed by atoms with Crippen LogP contribution in [0, 0.1) is 5.92 Å². The van der Waals surface area contributed by atoms with Gasteiger partial charge in [0.2, 0.25) is 12.7 Å². The molecule has 2 aromatic carbocycles. The predicted octanol–water partition coefficient (Wildman–Crippen LogP) is 3.74. The molecule has 5 rings (SSSR count). The Morgan fingerprint density at radius 2 is 1.90 bits per heavy atom. The van der Waals surface area contributed by atoms with Gasteiger partial charge in [-0.3, -0.25) is 4.79 Å². The summed E-state index contributed by atoms with van der Waals surface area (Å²) >= 11 is 0. The SMILES string of the molecule is O=C(C1CCC1)N(Cc1ccccc1)CC1CC(c2ccc3c(c2)OCO3)=NO1. The first kappa shape index (κ1) is 18.0. The molecule has 3 aliphatic rings. The molecule has 0 spiro atoms. The number of benzene rings is 2. The molecule has 1 fully saturated rings. The van der Waals surface area contributed by atoms with Gasteiger partial charge < -0.3 is 19.2 Å². The quantitative estimate of drug-likeness (QED) is 0.751. The van der Waals surface area contributed by atoms with Gasteiger partial charge in [-0.25, -0.2) is 0 Å². The van der Waals surface area contributed by atoms with E-state index >= 15 is 0 Å². The Morgan fingerprint density at radius 1 is 1.07 bits per heavy atom. The number of oxime groups is 1. The number of fused-ring (bicyclic) bond motifs is 1. The van der Waals surface area contributed by atoms with Gasteiger partial charge in [0, 0.05) is 24.4 Å². The van der Waals surface area contributed by atoms with E-state index in [2.05, 4.69) is 17.3 Å². The Kier molecular flexibility index (Phi) is 4.84. The van der Waals surface area contributed by atoms with E-state index in [1.807, 2.05) is 41.3 Å². The maximum absolute atomic E-state index is 13.0. The smallest absolute Gasteiger partial charge is 0.231 e. The summed E-state index contributed by atoms with van der Waals surface area (Å²) in [5.74, 6) is 1.89. The molecule has 1 amide bonds. The van der Waals surface area contributed by atoms with E-state index in [0.29, 0.717) is 19.5 Å². The zero-order chi connectivity index (χ0) is 19.6. The highest BCUT2D eigenvalue weighted by atomic mass is 16.7. The summed E-state index contributed by atoms with van der Waals surface area (Å²) in [5, 5.41) is 4.29. The van der Waals surface area contributed by atoms with E-state index in [1.165, 1.54) is 0 Å². The number of carbonyl (C=O) groups excluding carboxylic acids is 1. The monoisotopic (exact) mass is 392 g/mol. The lowest BCUT2D eigenvalue weighted by Crippen LogP contribution is -2.42. The van der Waals surface area contributed by atoms with Gasteiger partial charge in [-0.15, -0.1) is 0 Å². The summed E-state index contributed by atoms with van der Waals surface area (Å²) in [4.78, 5) is 20.7. The first-order valence-corrected chi connectivity index (χ1v) is 10.2. The van der Waals surface area contributed by atoms with Crippen molar-refractivity contribution in [3.05, 3.63) is 59.7 Å². The molecule has 2 aromatic rings.